The average molecular weight is 476 g/mol. The molecule has 3 heterocycles. The highest BCUT2D eigenvalue weighted by atomic mass is 127. The molecule has 0 amide bonds. The number of hydrogen-bond acceptors (Lipinski definition) is 5. The first kappa shape index (κ1) is 21.2. The van der Waals surface area contributed by atoms with Crippen molar-refractivity contribution < 1.29 is 14.2 Å². The van der Waals surface area contributed by atoms with Gasteiger partial charge in [-0.25, -0.2) is 9.98 Å². The number of aliphatic imine (C=N–C) groups is 1. The van der Waals surface area contributed by atoms with Crippen LogP contribution in [0.4, 0.5) is 0 Å². The first-order valence-electron chi connectivity index (χ1n) is 9.05. The Morgan fingerprint density at radius 3 is 2.85 bits per heavy atom. The first-order chi connectivity index (χ1) is 12.3. The van der Waals surface area contributed by atoms with Crippen LogP contribution in [0.5, 0.6) is 5.88 Å². The van der Waals surface area contributed by atoms with Gasteiger partial charge in [-0.3, -0.25) is 0 Å². The molecule has 7 nitrogen and oxygen atoms in total. The first-order valence-corrected chi connectivity index (χ1v) is 9.05. The quantitative estimate of drug-likeness (QED) is 0.399. The van der Waals surface area contributed by atoms with Crippen molar-refractivity contribution in [2.24, 2.45) is 4.99 Å². The van der Waals surface area contributed by atoms with Gasteiger partial charge in [0.25, 0.3) is 0 Å². The lowest BCUT2D eigenvalue weighted by molar-refractivity contribution is -0.0817. The van der Waals surface area contributed by atoms with Crippen molar-refractivity contribution in [3.63, 3.8) is 0 Å². The van der Waals surface area contributed by atoms with Gasteiger partial charge in [-0.15, -0.1) is 24.0 Å². The second-order valence-corrected chi connectivity index (χ2v) is 6.29. The Hall–Kier alpha value is -1.13. The highest BCUT2D eigenvalue weighted by Crippen LogP contribution is 2.21. The summed E-state index contributed by atoms with van der Waals surface area (Å²) in [5.74, 6) is 1.54. The summed E-state index contributed by atoms with van der Waals surface area (Å²) in [6.45, 7) is 6.72. The molecule has 3 rings (SSSR count). The van der Waals surface area contributed by atoms with Gasteiger partial charge in [0.15, 0.2) is 5.96 Å². The van der Waals surface area contributed by atoms with Gasteiger partial charge >= 0.3 is 0 Å². The molecule has 2 aliphatic rings. The van der Waals surface area contributed by atoms with Crippen LogP contribution in [0.2, 0.25) is 0 Å². The van der Waals surface area contributed by atoms with E-state index in [1.54, 1.807) is 13.3 Å². The fourth-order valence-electron chi connectivity index (χ4n) is 3.21. The minimum absolute atomic E-state index is 0. The van der Waals surface area contributed by atoms with Crippen LogP contribution in [0.1, 0.15) is 25.3 Å². The number of guanidine groups is 1. The Kier molecular flexibility index (Phi) is 8.86. The lowest BCUT2D eigenvalue weighted by Gasteiger charge is -2.37. The molecule has 0 saturated carbocycles. The Balaban J connectivity index is 0.00000243. The highest BCUT2D eigenvalue weighted by Gasteiger charge is 2.32. The van der Waals surface area contributed by atoms with Crippen LogP contribution in [0.15, 0.2) is 23.3 Å². The molecule has 8 heteroatoms. The van der Waals surface area contributed by atoms with Gasteiger partial charge < -0.3 is 24.4 Å². The van der Waals surface area contributed by atoms with E-state index in [-0.39, 0.29) is 36.2 Å². The van der Waals surface area contributed by atoms with E-state index in [0.717, 1.165) is 50.6 Å². The molecule has 146 valence electrons. The van der Waals surface area contributed by atoms with E-state index in [4.69, 9.17) is 19.2 Å². The van der Waals surface area contributed by atoms with Crippen LogP contribution < -0.4 is 10.1 Å². The monoisotopic (exact) mass is 476 g/mol. The van der Waals surface area contributed by atoms with Gasteiger partial charge in [0, 0.05) is 38.5 Å². The molecule has 2 unspecified atom stereocenters. The zero-order valence-corrected chi connectivity index (χ0v) is 17.8. The zero-order chi connectivity index (χ0) is 17.5. The number of rotatable bonds is 5. The fourth-order valence-corrected chi connectivity index (χ4v) is 3.21. The predicted molar refractivity (Wildman–Crippen MR) is 111 cm³/mol. The van der Waals surface area contributed by atoms with Gasteiger partial charge in [0.1, 0.15) is 6.10 Å². The van der Waals surface area contributed by atoms with Crippen LogP contribution >= 0.6 is 24.0 Å². The molecule has 2 aliphatic heterocycles. The van der Waals surface area contributed by atoms with Crippen molar-refractivity contribution in [2.45, 2.75) is 38.5 Å². The zero-order valence-electron chi connectivity index (χ0n) is 15.5. The van der Waals surface area contributed by atoms with E-state index in [2.05, 4.69) is 22.1 Å². The summed E-state index contributed by atoms with van der Waals surface area (Å²) in [5.41, 5.74) is 1.06. The van der Waals surface area contributed by atoms with Crippen molar-refractivity contribution in [3.05, 3.63) is 23.9 Å². The number of methoxy groups -OCH3 is 1. The van der Waals surface area contributed by atoms with Crippen LogP contribution in [0, 0.1) is 0 Å². The number of aromatic nitrogens is 1. The minimum atomic E-state index is 0. The van der Waals surface area contributed by atoms with E-state index in [9.17, 15) is 0 Å². The molecular formula is C18H29IN4O3. The molecule has 0 aliphatic carbocycles. The number of ether oxygens (including phenoxy) is 3. The SMILES string of the molecule is CCNC(=NCc1ccc(OC)nc1)N1CCOC(C2CCCO2)C1.I. The summed E-state index contributed by atoms with van der Waals surface area (Å²) in [7, 11) is 1.62. The van der Waals surface area contributed by atoms with Gasteiger partial charge in [-0.05, 0) is 25.3 Å². The van der Waals surface area contributed by atoms with Crippen LogP contribution in [-0.2, 0) is 16.0 Å². The molecule has 2 saturated heterocycles. The third kappa shape index (κ3) is 5.68. The summed E-state index contributed by atoms with van der Waals surface area (Å²) < 4.78 is 16.8. The van der Waals surface area contributed by atoms with Gasteiger partial charge in [0.05, 0.1) is 26.4 Å². The van der Waals surface area contributed by atoms with E-state index < -0.39 is 0 Å². The van der Waals surface area contributed by atoms with Crippen molar-refractivity contribution >= 4 is 29.9 Å². The largest absolute Gasteiger partial charge is 0.481 e. The summed E-state index contributed by atoms with van der Waals surface area (Å²) in [5, 5.41) is 3.39. The van der Waals surface area contributed by atoms with E-state index in [1.165, 1.54) is 0 Å². The third-order valence-electron chi connectivity index (χ3n) is 4.53. The molecule has 0 bridgehead atoms. The molecule has 0 spiro atoms. The van der Waals surface area contributed by atoms with Gasteiger partial charge in [0.2, 0.25) is 5.88 Å². The van der Waals surface area contributed by atoms with Crippen molar-refractivity contribution in [1.29, 1.82) is 0 Å². The van der Waals surface area contributed by atoms with Crippen molar-refractivity contribution in [3.8, 4) is 5.88 Å². The summed E-state index contributed by atoms with van der Waals surface area (Å²) >= 11 is 0. The number of nitrogens with one attached hydrogen (secondary N) is 1. The Bertz CT molecular complexity index is 564. The fraction of sp³-hybridized carbons (Fsp3) is 0.667. The molecule has 1 N–H and O–H groups in total. The smallest absolute Gasteiger partial charge is 0.212 e. The maximum Gasteiger partial charge on any atom is 0.212 e. The third-order valence-corrected chi connectivity index (χ3v) is 4.53. The van der Waals surface area contributed by atoms with Crippen molar-refractivity contribution in [2.75, 3.05) is 40.0 Å². The molecular weight excluding hydrogens is 447 g/mol. The van der Waals surface area contributed by atoms with Crippen molar-refractivity contribution in [1.82, 2.24) is 15.2 Å². The highest BCUT2D eigenvalue weighted by molar-refractivity contribution is 14.0. The second kappa shape index (κ2) is 10.9. The maximum absolute atomic E-state index is 5.94. The normalized spacial score (nSPS) is 23.5. The van der Waals surface area contributed by atoms with E-state index >= 15 is 0 Å². The van der Waals surface area contributed by atoms with Gasteiger partial charge in [-0.2, -0.15) is 0 Å². The Labute approximate surface area is 172 Å². The molecule has 0 aromatic carbocycles. The van der Waals surface area contributed by atoms with E-state index in [1.807, 2.05) is 12.1 Å². The Morgan fingerprint density at radius 2 is 2.19 bits per heavy atom. The van der Waals surface area contributed by atoms with Gasteiger partial charge in [-0.1, -0.05) is 6.07 Å². The number of hydrogen-bond donors (Lipinski definition) is 1. The standard InChI is InChI=1S/C18H28N4O3.HI/c1-3-19-18(21-12-14-6-7-17(23-2)20-11-14)22-8-10-25-16(13-22)15-5-4-9-24-15;/h6-7,11,15-16H,3-5,8-10,12-13H2,1-2H3,(H,19,21);1H. The number of halogens is 1. The molecule has 1 aromatic heterocycles. The Morgan fingerprint density at radius 1 is 1.35 bits per heavy atom. The summed E-state index contributed by atoms with van der Waals surface area (Å²) in [4.78, 5) is 11.3. The lowest BCUT2D eigenvalue weighted by atomic mass is 10.1. The maximum atomic E-state index is 5.94. The number of morpholine rings is 1. The van der Waals surface area contributed by atoms with Crippen LogP contribution in [0.25, 0.3) is 0 Å². The molecule has 0 radical (unpaired) electrons. The molecule has 1 aromatic rings. The summed E-state index contributed by atoms with van der Waals surface area (Å²) in [6.07, 6.45) is 4.37. The average Bonchev–Trinajstić information content (AvgIpc) is 3.20. The second-order valence-electron chi connectivity index (χ2n) is 6.29. The number of nitrogens with zero attached hydrogens (tertiary/aromatic N) is 3. The predicted octanol–water partition coefficient (Wildman–Crippen LogP) is 2.05. The number of pyridine rings is 1. The topological polar surface area (TPSA) is 68.2 Å². The molecule has 26 heavy (non-hydrogen) atoms. The van der Waals surface area contributed by atoms with Crippen LogP contribution in [-0.4, -0.2) is 68.0 Å². The summed E-state index contributed by atoms with van der Waals surface area (Å²) in [6, 6.07) is 3.85. The minimum Gasteiger partial charge on any atom is -0.481 e. The lowest BCUT2D eigenvalue weighted by Crippen LogP contribution is -2.53. The van der Waals surface area contributed by atoms with Crippen LogP contribution in [0.3, 0.4) is 0 Å². The molecule has 2 atom stereocenters. The van der Waals surface area contributed by atoms with E-state index in [0.29, 0.717) is 19.0 Å². The molecule has 2 fully saturated rings.